The van der Waals surface area contributed by atoms with E-state index in [9.17, 15) is 0 Å². The van der Waals surface area contributed by atoms with Gasteiger partial charge < -0.3 is 9.26 Å². The van der Waals surface area contributed by atoms with Gasteiger partial charge in [-0.2, -0.15) is 4.98 Å². The van der Waals surface area contributed by atoms with Crippen molar-refractivity contribution in [2.24, 2.45) is 0 Å². The molecule has 1 fully saturated rings. The summed E-state index contributed by atoms with van der Waals surface area (Å²) in [6.45, 7) is 5.23. The molecule has 2 aromatic rings. The number of hydrogen-bond donors (Lipinski definition) is 0. The van der Waals surface area contributed by atoms with E-state index in [-0.39, 0.29) is 0 Å². The molecule has 3 rings (SSSR count). The van der Waals surface area contributed by atoms with E-state index in [1.165, 1.54) is 0 Å². The maximum absolute atomic E-state index is 5.42. The minimum Gasteiger partial charge on any atom is -0.379 e. The van der Waals surface area contributed by atoms with Gasteiger partial charge >= 0.3 is 0 Å². The van der Waals surface area contributed by atoms with Gasteiger partial charge in [0.15, 0.2) is 0 Å². The van der Waals surface area contributed by atoms with Gasteiger partial charge in [0.1, 0.15) is 0 Å². The molecule has 0 saturated carbocycles. The van der Waals surface area contributed by atoms with Crippen LogP contribution < -0.4 is 0 Å². The van der Waals surface area contributed by atoms with E-state index in [0.29, 0.717) is 24.3 Å². The molecule has 0 unspecified atom stereocenters. The SMILES string of the molecule is C[C@H]1COCCN1Cc1nc(-c2cccc(Br)c2)no1. The molecule has 1 aliphatic heterocycles. The van der Waals surface area contributed by atoms with Crippen LogP contribution in [0.25, 0.3) is 11.4 Å². The Hall–Kier alpha value is -1.24. The monoisotopic (exact) mass is 337 g/mol. The Morgan fingerprint density at radius 1 is 1.45 bits per heavy atom. The van der Waals surface area contributed by atoms with Gasteiger partial charge in [-0.3, -0.25) is 4.90 Å². The molecule has 5 nitrogen and oxygen atoms in total. The first-order chi connectivity index (χ1) is 9.72. The summed E-state index contributed by atoms with van der Waals surface area (Å²) >= 11 is 3.45. The van der Waals surface area contributed by atoms with Gasteiger partial charge in [-0.05, 0) is 19.1 Å². The molecule has 20 heavy (non-hydrogen) atoms. The fourth-order valence-corrected chi connectivity index (χ4v) is 2.63. The number of ether oxygens (including phenoxy) is 1. The minimum atomic E-state index is 0.380. The lowest BCUT2D eigenvalue weighted by atomic mass is 10.2. The molecule has 2 heterocycles. The largest absolute Gasteiger partial charge is 0.379 e. The standard InChI is InChI=1S/C14H16BrN3O2/c1-10-9-19-6-5-18(10)8-13-16-14(17-20-13)11-3-2-4-12(15)7-11/h2-4,7,10H,5-6,8-9H2,1H3/t10-/m0/s1. The van der Waals surface area contributed by atoms with Crippen LogP contribution in [0.4, 0.5) is 0 Å². The Morgan fingerprint density at radius 3 is 3.15 bits per heavy atom. The zero-order valence-corrected chi connectivity index (χ0v) is 12.8. The summed E-state index contributed by atoms with van der Waals surface area (Å²) in [6, 6.07) is 8.26. The summed E-state index contributed by atoms with van der Waals surface area (Å²) in [5.74, 6) is 1.27. The van der Waals surface area contributed by atoms with Crippen molar-refractivity contribution in [3.63, 3.8) is 0 Å². The normalized spacial score (nSPS) is 20.2. The quantitative estimate of drug-likeness (QED) is 0.861. The van der Waals surface area contributed by atoms with Crippen LogP contribution in [0.5, 0.6) is 0 Å². The smallest absolute Gasteiger partial charge is 0.241 e. The average molecular weight is 338 g/mol. The molecule has 1 aromatic carbocycles. The predicted octanol–water partition coefficient (Wildman–Crippen LogP) is 2.72. The van der Waals surface area contributed by atoms with Gasteiger partial charge in [0.05, 0.1) is 19.8 Å². The number of rotatable bonds is 3. The molecule has 0 spiro atoms. The van der Waals surface area contributed by atoms with Crippen molar-refractivity contribution in [2.75, 3.05) is 19.8 Å². The molecule has 1 saturated heterocycles. The topological polar surface area (TPSA) is 51.4 Å². The summed E-state index contributed by atoms with van der Waals surface area (Å²) in [5, 5.41) is 4.05. The zero-order valence-electron chi connectivity index (χ0n) is 11.3. The molecule has 1 aliphatic rings. The third-order valence-corrected chi connectivity index (χ3v) is 3.89. The average Bonchev–Trinajstić information content (AvgIpc) is 2.90. The van der Waals surface area contributed by atoms with Crippen molar-refractivity contribution in [2.45, 2.75) is 19.5 Å². The van der Waals surface area contributed by atoms with Crippen molar-refractivity contribution in [1.82, 2.24) is 15.0 Å². The van der Waals surface area contributed by atoms with Crippen LogP contribution in [0.1, 0.15) is 12.8 Å². The summed E-state index contributed by atoms with van der Waals surface area (Å²) in [7, 11) is 0. The van der Waals surface area contributed by atoms with Crippen LogP contribution in [0, 0.1) is 0 Å². The highest BCUT2D eigenvalue weighted by Gasteiger charge is 2.21. The molecule has 1 aromatic heterocycles. The molecule has 0 radical (unpaired) electrons. The Labute approximate surface area is 126 Å². The zero-order chi connectivity index (χ0) is 13.9. The molecule has 6 heteroatoms. The fourth-order valence-electron chi connectivity index (χ4n) is 2.23. The number of aromatic nitrogens is 2. The van der Waals surface area contributed by atoms with E-state index in [4.69, 9.17) is 9.26 Å². The van der Waals surface area contributed by atoms with Gasteiger partial charge in [0.2, 0.25) is 11.7 Å². The third-order valence-electron chi connectivity index (χ3n) is 3.39. The third kappa shape index (κ3) is 3.08. The second-order valence-electron chi connectivity index (χ2n) is 4.92. The number of hydrogen-bond acceptors (Lipinski definition) is 5. The van der Waals surface area contributed by atoms with E-state index in [2.05, 4.69) is 37.9 Å². The van der Waals surface area contributed by atoms with Crippen molar-refractivity contribution < 1.29 is 9.26 Å². The van der Waals surface area contributed by atoms with Crippen molar-refractivity contribution in [1.29, 1.82) is 0 Å². The molecule has 106 valence electrons. The highest BCUT2D eigenvalue weighted by molar-refractivity contribution is 9.10. The van der Waals surface area contributed by atoms with Crippen molar-refractivity contribution in [3.05, 3.63) is 34.6 Å². The van der Waals surface area contributed by atoms with E-state index in [1.807, 2.05) is 24.3 Å². The Morgan fingerprint density at radius 2 is 2.35 bits per heavy atom. The molecule has 0 amide bonds. The van der Waals surface area contributed by atoms with Crippen LogP contribution in [-0.4, -0.2) is 40.8 Å². The van der Waals surface area contributed by atoms with Crippen molar-refractivity contribution in [3.8, 4) is 11.4 Å². The van der Waals surface area contributed by atoms with Crippen molar-refractivity contribution >= 4 is 15.9 Å². The van der Waals surface area contributed by atoms with Gasteiger partial charge in [-0.1, -0.05) is 33.2 Å². The molecule has 0 aliphatic carbocycles. The van der Waals surface area contributed by atoms with Gasteiger partial charge in [-0.25, -0.2) is 0 Å². The van der Waals surface area contributed by atoms with Crippen LogP contribution >= 0.6 is 15.9 Å². The molecule has 0 bridgehead atoms. The first kappa shape index (κ1) is 13.7. The number of nitrogens with zero attached hydrogens (tertiary/aromatic N) is 3. The Bertz CT molecular complexity index is 587. The number of halogens is 1. The lowest BCUT2D eigenvalue weighted by molar-refractivity contribution is -0.00852. The fraction of sp³-hybridized carbons (Fsp3) is 0.429. The molecular weight excluding hydrogens is 322 g/mol. The summed E-state index contributed by atoms with van der Waals surface area (Å²) < 4.78 is 11.8. The second kappa shape index (κ2) is 6.03. The lowest BCUT2D eigenvalue weighted by Crippen LogP contribution is -2.42. The van der Waals surface area contributed by atoms with Crippen LogP contribution in [0.15, 0.2) is 33.3 Å². The molecule has 1 atom stereocenters. The van der Waals surface area contributed by atoms with E-state index < -0.39 is 0 Å². The maximum atomic E-state index is 5.42. The van der Waals surface area contributed by atoms with E-state index in [0.717, 1.165) is 29.8 Å². The summed E-state index contributed by atoms with van der Waals surface area (Å²) in [4.78, 5) is 6.76. The van der Waals surface area contributed by atoms with Crippen LogP contribution in [0.2, 0.25) is 0 Å². The van der Waals surface area contributed by atoms with Gasteiger partial charge in [-0.15, -0.1) is 0 Å². The molecular formula is C14H16BrN3O2. The van der Waals surface area contributed by atoms with Crippen LogP contribution in [0.3, 0.4) is 0 Å². The van der Waals surface area contributed by atoms with E-state index >= 15 is 0 Å². The first-order valence-electron chi connectivity index (χ1n) is 6.63. The maximum Gasteiger partial charge on any atom is 0.241 e. The first-order valence-corrected chi connectivity index (χ1v) is 7.42. The number of morpholine rings is 1. The summed E-state index contributed by atoms with van der Waals surface area (Å²) in [6.07, 6.45) is 0. The Kier molecular flexibility index (Phi) is 4.14. The van der Waals surface area contributed by atoms with E-state index in [1.54, 1.807) is 0 Å². The number of benzene rings is 1. The summed E-state index contributed by atoms with van der Waals surface area (Å²) in [5.41, 5.74) is 0.949. The molecule has 0 N–H and O–H groups in total. The Balaban J connectivity index is 1.73. The lowest BCUT2D eigenvalue weighted by Gasteiger charge is -2.31. The van der Waals surface area contributed by atoms with Crippen LogP contribution in [-0.2, 0) is 11.3 Å². The van der Waals surface area contributed by atoms with Gasteiger partial charge in [0, 0.05) is 22.6 Å². The predicted molar refractivity (Wildman–Crippen MR) is 78.1 cm³/mol. The highest BCUT2D eigenvalue weighted by Crippen LogP contribution is 2.21. The minimum absolute atomic E-state index is 0.380. The highest BCUT2D eigenvalue weighted by atomic mass is 79.9. The second-order valence-corrected chi connectivity index (χ2v) is 5.83. The van der Waals surface area contributed by atoms with Gasteiger partial charge in [0.25, 0.3) is 0 Å².